The Morgan fingerprint density at radius 2 is 1.59 bits per heavy atom. The Morgan fingerprint density at radius 3 is 2.14 bits per heavy atom. The molecule has 0 aliphatic heterocycles. The van der Waals surface area contributed by atoms with Crippen molar-refractivity contribution in [2.75, 3.05) is 6.61 Å². The van der Waals surface area contributed by atoms with Gasteiger partial charge in [-0.05, 0) is 34.6 Å². The summed E-state index contributed by atoms with van der Waals surface area (Å²) in [5.74, 6) is -1.53. The smallest absolute Gasteiger partial charge is 0.306 e. The van der Waals surface area contributed by atoms with Gasteiger partial charge in [0.05, 0.1) is 12.5 Å². The van der Waals surface area contributed by atoms with E-state index in [4.69, 9.17) is 15.6 Å². The number of esters is 1. The van der Waals surface area contributed by atoms with E-state index in [1.54, 1.807) is 0 Å². The first-order valence-electron chi connectivity index (χ1n) is 9.86. The highest BCUT2D eigenvalue weighted by Gasteiger charge is 2.29. The highest BCUT2D eigenvalue weighted by Crippen LogP contribution is 2.44. The summed E-state index contributed by atoms with van der Waals surface area (Å²) in [4.78, 5) is 23.0. The zero-order chi connectivity index (χ0) is 21.0. The molecule has 3 rings (SSSR count). The van der Waals surface area contributed by atoms with Crippen molar-refractivity contribution in [1.29, 1.82) is 0 Å². The third-order valence-electron chi connectivity index (χ3n) is 5.44. The molecule has 1 aliphatic carbocycles. The number of hydrogen-bond acceptors (Lipinski definition) is 5. The van der Waals surface area contributed by atoms with E-state index < -0.39 is 24.5 Å². The van der Waals surface area contributed by atoms with E-state index in [2.05, 4.69) is 24.3 Å². The summed E-state index contributed by atoms with van der Waals surface area (Å²) in [6.07, 6.45) is -1.02. The summed E-state index contributed by atoms with van der Waals surface area (Å²) in [5, 5.41) is 18.5. The van der Waals surface area contributed by atoms with E-state index in [0.29, 0.717) is 6.42 Å². The van der Waals surface area contributed by atoms with Crippen molar-refractivity contribution in [3.63, 3.8) is 0 Å². The predicted molar refractivity (Wildman–Crippen MR) is 109 cm³/mol. The van der Waals surface area contributed by atoms with Gasteiger partial charge >= 0.3 is 11.9 Å². The molecule has 154 valence electrons. The van der Waals surface area contributed by atoms with Crippen molar-refractivity contribution in [3.05, 3.63) is 59.7 Å². The van der Waals surface area contributed by atoms with E-state index >= 15 is 0 Å². The van der Waals surface area contributed by atoms with Gasteiger partial charge in [0.15, 0.2) is 0 Å². The molecular formula is C23H27NO5. The number of ether oxygens (including phenoxy) is 1. The summed E-state index contributed by atoms with van der Waals surface area (Å²) in [6.45, 7) is 2.11. The Hall–Kier alpha value is -2.70. The van der Waals surface area contributed by atoms with Gasteiger partial charge in [0.1, 0.15) is 6.61 Å². The quantitative estimate of drug-likeness (QED) is 0.561. The lowest BCUT2D eigenvalue weighted by Gasteiger charge is -2.21. The molecule has 0 saturated heterocycles. The number of hydrogen-bond donors (Lipinski definition) is 3. The molecule has 0 unspecified atom stereocenters. The normalized spacial score (nSPS) is 15.8. The highest BCUT2D eigenvalue weighted by molar-refractivity contribution is 5.79. The first-order chi connectivity index (χ1) is 13.9. The van der Waals surface area contributed by atoms with Gasteiger partial charge in [-0.15, -0.1) is 0 Å². The van der Waals surface area contributed by atoms with Crippen LogP contribution < -0.4 is 5.73 Å². The van der Waals surface area contributed by atoms with Crippen molar-refractivity contribution >= 4 is 11.9 Å². The Morgan fingerprint density at radius 1 is 1.03 bits per heavy atom. The lowest BCUT2D eigenvalue weighted by atomic mass is 9.94. The van der Waals surface area contributed by atoms with Gasteiger partial charge in [0.2, 0.25) is 0 Å². The standard InChI is InChI=1S/C23H27NO5/c1-14(10-20(24)21(25)12-22(26)27)11-23(28)29-13-19-17-8-4-2-6-15(17)16-7-3-5-9-18(16)19/h2-9,14,19-21,25H,10-13,24H2,1H3,(H,26,27)/t14-,20+,21-/m1/s1. The maximum atomic E-state index is 12.3. The average Bonchev–Trinajstić information content (AvgIpc) is 2.99. The molecule has 0 bridgehead atoms. The molecule has 2 aromatic rings. The molecule has 0 heterocycles. The van der Waals surface area contributed by atoms with E-state index in [0.717, 1.165) is 11.1 Å². The molecule has 0 radical (unpaired) electrons. The molecule has 29 heavy (non-hydrogen) atoms. The third-order valence-corrected chi connectivity index (χ3v) is 5.44. The second-order valence-electron chi connectivity index (χ2n) is 7.78. The van der Waals surface area contributed by atoms with Crippen LogP contribution in [0.1, 0.15) is 43.2 Å². The number of carbonyl (C=O) groups excluding carboxylic acids is 1. The van der Waals surface area contributed by atoms with Crippen LogP contribution in [0.5, 0.6) is 0 Å². The molecule has 0 saturated carbocycles. The average molecular weight is 397 g/mol. The van der Waals surface area contributed by atoms with Crippen LogP contribution in [0.2, 0.25) is 0 Å². The number of aliphatic carboxylic acids is 1. The van der Waals surface area contributed by atoms with Crippen molar-refractivity contribution < 1.29 is 24.5 Å². The lowest BCUT2D eigenvalue weighted by molar-refractivity contribution is -0.145. The number of rotatable bonds is 9. The third kappa shape index (κ3) is 5.02. The monoisotopic (exact) mass is 397 g/mol. The fraction of sp³-hybridized carbons (Fsp3) is 0.391. The molecule has 0 amide bonds. The maximum Gasteiger partial charge on any atom is 0.306 e. The van der Waals surface area contributed by atoms with Crippen molar-refractivity contribution in [2.24, 2.45) is 11.7 Å². The summed E-state index contributed by atoms with van der Waals surface area (Å²) in [7, 11) is 0. The fourth-order valence-corrected chi connectivity index (χ4v) is 3.99. The fourth-order valence-electron chi connectivity index (χ4n) is 3.99. The number of aliphatic hydroxyl groups is 1. The van der Waals surface area contributed by atoms with Gasteiger partial charge in [-0.1, -0.05) is 55.5 Å². The summed E-state index contributed by atoms with van der Waals surface area (Å²) in [6, 6.07) is 15.6. The Balaban J connectivity index is 1.55. The van der Waals surface area contributed by atoms with Crippen LogP contribution in [-0.2, 0) is 14.3 Å². The van der Waals surface area contributed by atoms with Crippen LogP contribution in [-0.4, -0.2) is 40.9 Å². The second-order valence-corrected chi connectivity index (χ2v) is 7.78. The van der Waals surface area contributed by atoms with Crippen LogP contribution in [0.25, 0.3) is 11.1 Å². The molecule has 0 spiro atoms. The number of aliphatic hydroxyl groups excluding tert-OH is 1. The van der Waals surface area contributed by atoms with Gasteiger partial charge < -0.3 is 20.7 Å². The highest BCUT2D eigenvalue weighted by atomic mass is 16.5. The van der Waals surface area contributed by atoms with Crippen molar-refractivity contribution in [2.45, 2.75) is 44.2 Å². The summed E-state index contributed by atoms with van der Waals surface area (Å²) >= 11 is 0. The molecule has 0 aromatic heterocycles. The van der Waals surface area contributed by atoms with Crippen LogP contribution >= 0.6 is 0 Å². The zero-order valence-corrected chi connectivity index (χ0v) is 16.5. The number of carboxylic acid groups (broad SMARTS) is 1. The molecule has 3 atom stereocenters. The molecule has 0 fully saturated rings. The first-order valence-corrected chi connectivity index (χ1v) is 9.86. The van der Waals surface area contributed by atoms with E-state index in [9.17, 15) is 14.7 Å². The first kappa shape index (κ1) is 21.0. The van der Waals surface area contributed by atoms with Crippen LogP contribution in [0, 0.1) is 5.92 Å². The maximum absolute atomic E-state index is 12.3. The molecule has 6 heteroatoms. The second kappa shape index (κ2) is 9.20. The summed E-state index contributed by atoms with van der Waals surface area (Å²) in [5.41, 5.74) is 10.5. The Labute approximate surface area is 170 Å². The van der Waals surface area contributed by atoms with Gasteiger partial charge in [0.25, 0.3) is 0 Å². The van der Waals surface area contributed by atoms with E-state index in [1.165, 1.54) is 11.1 Å². The Bertz CT molecular complexity index is 836. The number of carbonyl (C=O) groups is 2. The van der Waals surface area contributed by atoms with E-state index in [1.807, 2.05) is 31.2 Å². The topological polar surface area (TPSA) is 110 Å². The molecular weight excluding hydrogens is 370 g/mol. The zero-order valence-electron chi connectivity index (χ0n) is 16.5. The van der Waals surface area contributed by atoms with Crippen LogP contribution in [0.4, 0.5) is 0 Å². The van der Waals surface area contributed by atoms with Gasteiger partial charge in [0, 0.05) is 18.4 Å². The van der Waals surface area contributed by atoms with Crippen molar-refractivity contribution in [3.8, 4) is 11.1 Å². The van der Waals surface area contributed by atoms with Crippen LogP contribution in [0.3, 0.4) is 0 Å². The lowest BCUT2D eigenvalue weighted by Crippen LogP contribution is -2.37. The number of benzene rings is 2. The SMILES string of the molecule is C[C@@H](CC(=O)OCC1c2ccccc2-c2ccccc21)C[C@H](N)[C@H](O)CC(=O)O. The predicted octanol–water partition coefficient (Wildman–Crippen LogP) is 2.92. The Kier molecular flexibility index (Phi) is 6.67. The largest absolute Gasteiger partial charge is 0.481 e. The minimum Gasteiger partial charge on any atom is -0.481 e. The van der Waals surface area contributed by atoms with Gasteiger partial charge in [-0.25, -0.2) is 0 Å². The van der Waals surface area contributed by atoms with Gasteiger partial charge in [-0.3, -0.25) is 9.59 Å². The van der Waals surface area contributed by atoms with E-state index in [-0.39, 0.29) is 30.8 Å². The van der Waals surface area contributed by atoms with Gasteiger partial charge in [-0.2, -0.15) is 0 Å². The molecule has 4 N–H and O–H groups in total. The number of nitrogens with two attached hydrogens (primary N) is 1. The van der Waals surface area contributed by atoms with Crippen molar-refractivity contribution in [1.82, 2.24) is 0 Å². The molecule has 6 nitrogen and oxygen atoms in total. The number of fused-ring (bicyclic) bond motifs is 3. The van der Waals surface area contributed by atoms with Crippen LogP contribution in [0.15, 0.2) is 48.5 Å². The number of carboxylic acids is 1. The molecule has 2 aromatic carbocycles. The summed E-state index contributed by atoms with van der Waals surface area (Å²) < 4.78 is 5.58. The molecule has 1 aliphatic rings. The minimum absolute atomic E-state index is 0.0151. The minimum atomic E-state index is -1.13.